The Morgan fingerprint density at radius 3 is 2.93 bits per heavy atom. The molecule has 0 unspecified atom stereocenters. The zero-order valence-electron chi connectivity index (χ0n) is 8.15. The Kier molecular flexibility index (Phi) is 3.67. The van der Waals surface area contributed by atoms with Crippen molar-refractivity contribution in [2.75, 3.05) is 0 Å². The Morgan fingerprint density at radius 1 is 1.67 bits per heavy atom. The fourth-order valence-corrected chi connectivity index (χ4v) is 0.868. The van der Waals surface area contributed by atoms with E-state index in [1.165, 1.54) is 6.92 Å². The molecule has 0 aliphatic carbocycles. The molecule has 0 aromatic carbocycles. The van der Waals surface area contributed by atoms with Gasteiger partial charge in [0.25, 0.3) is 0 Å². The number of hydrogen-bond donors (Lipinski definition) is 4. The van der Waals surface area contributed by atoms with E-state index in [1.54, 1.807) is 12.4 Å². The first-order chi connectivity index (χ1) is 7.09. The number of aliphatic carboxylic acids is 1. The number of nitrogens with one attached hydrogen (secondary N) is 3. The largest absolute Gasteiger partial charge is 0.480 e. The first kappa shape index (κ1) is 11.0. The highest BCUT2D eigenvalue weighted by Crippen LogP contribution is 1.87. The van der Waals surface area contributed by atoms with Crippen LogP contribution in [0.3, 0.4) is 0 Å². The van der Waals surface area contributed by atoms with Gasteiger partial charge >= 0.3 is 12.0 Å². The number of amides is 2. The zero-order valence-corrected chi connectivity index (χ0v) is 8.15. The zero-order chi connectivity index (χ0) is 11.3. The molecule has 0 aliphatic heterocycles. The first-order valence-electron chi connectivity index (χ1n) is 4.35. The predicted molar refractivity (Wildman–Crippen MR) is 51.1 cm³/mol. The molecule has 0 radical (unpaired) electrons. The van der Waals surface area contributed by atoms with Gasteiger partial charge in [-0.2, -0.15) is 0 Å². The average Bonchev–Trinajstić information content (AvgIpc) is 2.66. The number of rotatable bonds is 4. The number of H-pyrrole nitrogens is 1. The molecular weight excluding hydrogens is 200 g/mol. The molecule has 0 aliphatic rings. The minimum absolute atomic E-state index is 0.227. The van der Waals surface area contributed by atoms with Crippen LogP contribution in [-0.4, -0.2) is 33.1 Å². The summed E-state index contributed by atoms with van der Waals surface area (Å²) in [5.41, 5.74) is 0. The monoisotopic (exact) mass is 212 g/mol. The Balaban J connectivity index is 2.28. The molecule has 7 heteroatoms. The molecule has 1 heterocycles. The lowest BCUT2D eigenvalue weighted by Gasteiger charge is -2.09. The summed E-state index contributed by atoms with van der Waals surface area (Å²) in [5, 5.41) is 13.2. The van der Waals surface area contributed by atoms with Crippen molar-refractivity contribution in [3.8, 4) is 0 Å². The Labute approximate surface area is 85.9 Å². The minimum Gasteiger partial charge on any atom is -0.480 e. The molecule has 82 valence electrons. The topological polar surface area (TPSA) is 107 Å². The highest BCUT2D eigenvalue weighted by atomic mass is 16.4. The van der Waals surface area contributed by atoms with E-state index in [0.29, 0.717) is 5.82 Å². The van der Waals surface area contributed by atoms with Gasteiger partial charge in [0.15, 0.2) is 0 Å². The summed E-state index contributed by atoms with van der Waals surface area (Å²) in [6, 6.07) is -1.46. The number of imidazole rings is 1. The summed E-state index contributed by atoms with van der Waals surface area (Å²) in [5.74, 6) is -0.476. The van der Waals surface area contributed by atoms with Crippen LogP contribution in [0, 0.1) is 0 Å². The fourth-order valence-electron chi connectivity index (χ4n) is 0.868. The number of carbonyl (C=O) groups is 2. The van der Waals surface area contributed by atoms with Gasteiger partial charge in [-0.15, -0.1) is 0 Å². The van der Waals surface area contributed by atoms with E-state index in [-0.39, 0.29) is 6.54 Å². The van der Waals surface area contributed by atoms with E-state index in [0.717, 1.165) is 0 Å². The molecule has 1 aromatic heterocycles. The number of hydrogen-bond acceptors (Lipinski definition) is 3. The van der Waals surface area contributed by atoms with E-state index >= 15 is 0 Å². The average molecular weight is 212 g/mol. The third-order valence-corrected chi connectivity index (χ3v) is 1.69. The van der Waals surface area contributed by atoms with Gasteiger partial charge in [-0.25, -0.2) is 9.78 Å². The second kappa shape index (κ2) is 4.99. The first-order valence-corrected chi connectivity index (χ1v) is 4.35. The lowest BCUT2D eigenvalue weighted by atomic mass is 10.3. The van der Waals surface area contributed by atoms with Crippen molar-refractivity contribution in [2.45, 2.75) is 19.5 Å². The van der Waals surface area contributed by atoms with E-state index < -0.39 is 18.0 Å². The number of aromatic amines is 1. The van der Waals surface area contributed by atoms with Gasteiger partial charge in [0.2, 0.25) is 0 Å². The maximum absolute atomic E-state index is 11.1. The van der Waals surface area contributed by atoms with Crippen LogP contribution in [0.25, 0.3) is 0 Å². The van der Waals surface area contributed by atoms with Crippen LogP contribution in [0.4, 0.5) is 4.79 Å². The predicted octanol–water partition coefficient (Wildman–Crippen LogP) is -0.318. The molecule has 0 fully saturated rings. The van der Waals surface area contributed by atoms with Gasteiger partial charge in [-0.3, -0.25) is 4.79 Å². The summed E-state index contributed by atoms with van der Waals surface area (Å²) in [4.78, 5) is 28.2. The van der Waals surface area contributed by atoms with Gasteiger partial charge in [-0.05, 0) is 6.92 Å². The van der Waals surface area contributed by atoms with Crippen LogP contribution in [0.1, 0.15) is 12.7 Å². The van der Waals surface area contributed by atoms with Crippen molar-refractivity contribution in [2.24, 2.45) is 0 Å². The second-order valence-electron chi connectivity index (χ2n) is 2.92. The van der Waals surface area contributed by atoms with Crippen molar-refractivity contribution in [3.05, 3.63) is 18.2 Å². The normalized spacial score (nSPS) is 11.8. The molecule has 0 spiro atoms. The van der Waals surface area contributed by atoms with E-state index in [2.05, 4.69) is 20.6 Å². The van der Waals surface area contributed by atoms with Gasteiger partial charge in [-0.1, -0.05) is 0 Å². The van der Waals surface area contributed by atoms with Crippen molar-refractivity contribution in [1.82, 2.24) is 20.6 Å². The molecular formula is C8H12N4O3. The van der Waals surface area contributed by atoms with Crippen LogP contribution >= 0.6 is 0 Å². The molecule has 0 saturated carbocycles. The molecule has 2 amide bonds. The summed E-state index contributed by atoms with van der Waals surface area (Å²) >= 11 is 0. The van der Waals surface area contributed by atoms with Crippen molar-refractivity contribution in [3.63, 3.8) is 0 Å². The molecule has 4 N–H and O–H groups in total. The minimum atomic E-state index is -1.08. The third kappa shape index (κ3) is 3.67. The summed E-state index contributed by atoms with van der Waals surface area (Å²) in [6.45, 7) is 1.61. The standard InChI is InChI=1S/C8H12N4O3/c1-5(7(13)14)12-8(15)11-4-6-9-2-3-10-6/h2-3,5H,4H2,1H3,(H,9,10)(H,13,14)(H2,11,12,15)/t5-/m0/s1. The van der Waals surface area contributed by atoms with Crippen LogP contribution in [-0.2, 0) is 11.3 Å². The quantitative estimate of drug-likeness (QED) is 0.548. The number of carboxylic acid groups (broad SMARTS) is 1. The molecule has 0 bridgehead atoms. The number of aromatic nitrogens is 2. The lowest BCUT2D eigenvalue weighted by molar-refractivity contribution is -0.138. The molecule has 1 rings (SSSR count). The maximum atomic E-state index is 11.1. The SMILES string of the molecule is C[C@H](NC(=O)NCc1ncc[nH]1)C(=O)O. The third-order valence-electron chi connectivity index (χ3n) is 1.69. The Morgan fingerprint density at radius 2 is 2.40 bits per heavy atom. The van der Waals surface area contributed by atoms with Crippen LogP contribution in [0.5, 0.6) is 0 Å². The van der Waals surface area contributed by atoms with E-state index in [1.807, 2.05) is 0 Å². The van der Waals surface area contributed by atoms with Gasteiger partial charge in [0, 0.05) is 12.4 Å². The van der Waals surface area contributed by atoms with Crippen molar-refractivity contribution < 1.29 is 14.7 Å². The van der Waals surface area contributed by atoms with E-state index in [9.17, 15) is 9.59 Å². The molecule has 0 saturated heterocycles. The maximum Gasteiger partial charge on any atom is 0.325 e. The van der Waals surface area contributed by atoms with Crippen LogP contribution < -0.4 is 10.6 Å². The summed E-state index contributed by atoms with van der Waals surface area (Å²) in [7, 11) is 0. The smallest absolute Gasteiger partial charge is 0.325 e. The number of carboxylic acids is 1. The van der Waals surface area contributed by atoms with Gasteiger partial charge in [0.1, 0.15) is 11.9 Å². The Hall–Kier alpha value is -2.05. The van der Waals surface area contributed by atoms with Gasteiger partial charge < -0.3 is 20.7 Å². The lowest BCUT2D eigenvalue weighted by Crippen LogP contribution is -2.44. The molecule has 1 aromatic rings. The number of urea groups is 1. The Bertz CT molecular complexity index is 336. The number of carbonyl (C=O) groups excluding carboxylic acids is 1. The highest BCUT2D eigenvalue weighted by molar-refractivity contribution is 5.81. The van der Waals surface area contributed by atoms with Crippen molar-refractivity contribution in [1.29, 1.82) is 0 Å². The molecule has 1 atom stereocenters. The van der Waals surface area contributed by atoms with Crippen molar-refractivity contribution >= 4 is 12.0 Å². The number of nitrogens with zero attached hydrogens (tertiary/aromatic N) is 1. The molecule has 7 nitrogen and oxygen atoms in total. The second-order valence-corrected chi connectivity index (χ2v) is 2.92. The van der Waals surface area contributed by atoms with Crippen LogP contribution in [0.15, 0.2) is 12.4 Å². The molecule has 15 heavy (non-hydrogen) atoms. The summed E-state index contributed by atoms with van der Waals surface area (Å²) in [6.07, 6.45) is 3.20. The summed E-state index contributed by atoms with van der Waals surface area (Å²) < 4.78 is 0. The van der Waals surface area contributed by atoms with Gasteiger partial charge in [0.05, 0.1) is 6.54 Å². The van der Waals surface area contributed by atoms with Crippen LogP contribution in [0.2, 0.25) is 0 Å². The fraction of sp³-hybridized carbons (Fsp3) is 0.375. The van der Waals surface area contributed by atoms with E-state index in [4.69, 9.17) is 5.11 Å². The highest BCUT2D eigenvalue weighted by Gasteiger charge is 2.13.